The predicted molar refractivity (Wildman–Crippen MR) is 117 cm³/mol. The molecule has 3 heterocycles. The second-order valence-electron chi connectivity index (χ2n) is 8.48. The summed E-state index contributed by atoms with van der Waals surface area (Å²) in [7, 11) is 0. The summed E-state index contributed by atoms with van der Waals surface area (Å²) < 4.78 is 37.7. The van der Waals surface area contributed by atoms with Crippen LogP contribution in [-0.4, -0.2) is 73.5 Å². The fourth-order valence-electron chi connectivity index (χ4n) is 4.52. The minimum atomic E-state index is -1.08. The number of rotatable bonds is 3. The number of hydrogen-bond donors (Lipinski definition) is 0. The molecule has 3 amide bonds. The van der Waals surface area contributed by atoms with Gasteiger partial charge in [-0.05, 0) is 30.3 Å². The van der Waals surface area contributed by atoms with Crippen LogP contribution in [0, 0.1) is 17.6 Å². The van der Waals surface area contributed by atoms with Crippen molar-refractivity contribution in [2.75, 3.05) is 50.8 Å². The highest BCUT2D eigenvalue weighted by Crippen LogP contribution is 2.36. The van der Waals surface area contributed by atoms with Crippen LogP contribution in [0.25, 0.3) is 0 Å². The molecule has 34 heavy (non-hydrogen) atoms. The third-order valence-electron chi connectivity index (χ3n) is 6.36. The van der Waals surface area contributed by atoms with Gasteiger partial charge in [-0.1, -0.05) is 0 Å². The van der Waals surface area contributed by atoms with Crippen molar-refractivity contribution in [3.63, 3.8) is 0 Å². The Morgan fingerprint density at radius 1 is 0.853 bits per heavy atom. The molecule has 2 fully saturated rings. The number of fused-ring (bicyclic) bond motifs is 1. The number of ether oxygens (including phenoxy) is 2. The first-order valence-electron chi connectivity index (χ1n) is 11.1. The maximum atomic E-state index is 13.5. The smallest absolute Gasteiger partial charge is 0.254 e. The molecule has 0 bridgehead atoms. The zero-order chi connectivity index (χ0) is 23.8. The number of piperazine rings is 1. The summed E-state index contributed by atoms with van der Waals surface area (Å²) in [5.74, 6) is -2.04. The molecule has 1 atom stereocenters. The number of carbonyl (C=O) groups is 3. The first kappa shape index (κ1) is 22.1. The van der Waals surface area contributed by atoms with E-state index in [2.05, 4.69) is 0 Å². The molecule has 5 rings (SSSR count). The van der Waals surface area contributed by atoms with Crippen molar-refractivity contribution in [3.8, 4) is 11.5 Å². The molecule has 0 aromatic heterocycles. The molecule has 0 saturated carbocycles. The predicted octanol–water partition coefficient (Wildman–Crippen LogP) is 2.07. The van der Waals surface area contributed by atoms with E-state index in [1.165, 1.54) is 11.0 Å². The lowest BCUT2D eigenvalue weighted by atomic mass is 10.1. The van der Waals surface area contributed by atoms with Crippen LogP contribution in [0.4, 0.5) is 14.5 Å². The number of anilines is 1. The van der Waals surface area contributed by atoms with Crippen molar-refractivity contribution < 1.29 is 32.6 Å². The van der Waals surface area contributed by atoms with Gasteiger partial charge in [0.1, 0.15) is 13.2 Å². The minimum absolute atomic E-state index is 0.0649. The van der Waals surface area contributed by atoms with Crippen LogP contribution in [0.15, 0.2) is 36.4 Å². The summed E-state index contributed by atoms with van der Waals surface area (Å²) in [5.41, 5.74) is 0.724. The Labute approximate surface area is 194 Å². The monoisotopic (exact) mass is 471 g/mol. The average Bonchev–Trinajstić information content (AvgIpc) is 3.26. The van der Waals surface area contributed by atoms with E-state index in [4.69, 9.17) is 9.47 Å². The molecule has 8 nitrogen and oxygen atoms in total. The molecule has 3 aliphatic heterocycles. The van der Waals surface area contributed by atoms with Crippen LogP contribution in [-0.2, 0) is 9.59 Å². The Balaban J connectivity index is 1.19. The maximum Gasteiger partial charge on any atom is 0.254 e. The molecule has 178 valence electrons. The van der Waals surface area contributed by atoms with E-state index in [1.54, 1.807) is 28.0 Å². The van der Waals surface area contributed by atoms with Crippen molar-refractivity contribution in [1.29, 1.82) is 0 Å². The first-order chi connectivity index (χ1) is 16.4. The lowest BCUT2D eigenvalue weighted by molar-refractivity contribution is -0.137. The van der Waals surface area contributed by atoms with Gasteiger partial charge in [-0.2, -0.15) is 0 Å². The van der Waals surface area contributed by atoms with Crippen LogP contribution < -0.4 is 14.4 Å². The van der Waals surface area contributed by atoms with Crippen molar-refractivity contribution in [3.05, 3.63) is 53.6 Å². The van der Waals surface area contributed by atoms with Gasteiger partial charge in [0.15, 0.2) is 23.1 Å². The molecule has 2 saturated heterocycles. The van der Waals surface area contributed by atoms with Crippen LogP contribution >= 0.6 is 0 Å². The van der Waals surface area contributed by atoms with Crippen LogP contribution in [0.1, 0.15) is 16.8 Å². The maximum absolute atomic E-state index is 13.5. The Bertz CT molecular complexity index is 1150. The van der Waals surface area contributed by atoms with E-state index >= 15 is 0 Å². The fourth-order valence-corrected chi connectivity index (χ4v) is 4.52. The number of benzene rings is 2. The van der Waals surface area contributed by atoms with Gasteiger partial charge >= 0.3 is 0 Å². The van der Waals surface area contributed by atoms with E-state index < -0.39 is 23.5 Å². The van der Waals surface area contributed by atoms with E-state index in [0.29, 0.717) is 43.5 Å². The number of halogens is 2. The highest BCUT2D eigenvalue weighted by molar-refractivity contribution is 6.00. The molecule has 2 aromatic rings. The quantitative estimate of drug-likeness (QED) is 0.685. The number of amides is 3. The zero-order valence-electron chi connectivity index (χ0n) is 18.3. The molecular weight excluding hydrogens is 448 g/mol. The highest BCUT2D eigenvalue weighted by atomic mass is 19.2. The normalized spacial score (nSPS) is 20.0. The van der Waals surface area contributed by atoms with Crippen molar-refractivity contribution in [2.45, 2.75) is 6.42 Å². The zero-order valence-corrected chi connectivity index (χ0v) is 18.3. The average molecular weight is 471 g/mol. The number of carbonyl (C=O) groups excluding carboxylic acids is 3. The first-order valence-corrected chi connectivity index (χ1v) is 11.1. The Morgan fingerprint density at radius 2 is 1.56 bits per heavy atom. The largest absolute Gasteiger partial charge is 0.486 e. The van der Waals surface area contributed by atoms with Gasteiger partial charge in [-0.3, -0.25) is 14.4 Å². The van der Waals surface area contributed by atoms with Gasteiger partial charge < -0.3 is 24.2 Å². The van der Waals surface area contributed by atoms with Crippen molar-refractivity contribution in [2.24, 2.45) is 5.92 Å². The van der Waals surface area contributed by atoms with E-state index in [-0.39, 0.29) is 43.4 Å². The summed E-state index contributed by atoms with van der Waals surface area (Å²) >= 11 is 0. The van der Waals surface area contributed by atoms with Crippen LogP contribution in [0.2, 0.25) is 0 Å². The topological polar surface area (TPSA) is 79.4 Å². The minimum Gasteiger partial charge on any atom is -0.486 e. The summed E-state index contributed by atoms with van der Waals surface area (Å²) in [4.78, 5) is 43.1. The lowest BCUT2D eigenvalue weighted by Gasteiger charge is -2.36. The molecule has 0 N–H and O–H groups in total. The van der Waals surface area contributed by atoms with Gasteiger partial charge in [0.05, 0.1) is 5.92 Å². The molecular formula is C24H23F2N3O5. The van der Waals surface area contributed by atoms with Gasteiger partial charge in [-0.15, -0.1) is 0 Å². The molecule has 10 heteroatoms. The molecule has 0 aliphatic carbocycles. The van der Waals surface area contributed by atoms with Gasteiger partial charge in [-0.25, -0.2) is 8.78 Å². The summed E-state index contributed by atoms with van der Waals surface area (Å²) in [6.45, 7) is 2.35. The van der Waals surface area contributed by atoms with Crippen molar-refractivity contribution >= 4 is 23.4 Å². The number of hydrogen-bond acceptors (Lipinski definition) is 5. The summed E-state index contributed by atoms with van der Waals surface area (Å²) in [6, 6.07) is 8.34. The summed E-state index contributed by atoms with van der Waals surface area (Å²) in [5, 5.41) is 0. The van der Waals surface area contributed by atoms with Crippen molar-refractivity contribution in [1.82, 2.24) is 9.80 Å². The second kappa shape index (κ2) is 8.92. The van der Waals surface area contributed by atoms with Crippen LogP contribution in [0.5, 0.6) is 11.5 Å². The number of nitrogens with zero attached hydrogens (tertiary/aromatic N) is 3. The highest BCUT2D eigenvalue weighted by Gasteiger charge is 2.38. The van der Waals surface area contributed by atoms with Gasteiger partial charge in [0.25, 0.3) is 5.91 Å². The SMILES string of the molecule is O=C(c1ccc(F)c(F)c1)N1CCN(C(=O)C2CC(=O)N(c3ccc4c(c3)OCCO4)C2)CC1. The third kappa shape index (κ3) is 4.15. The van der Waals surface area contributed by atoms with Gasteiger partial charge in [0.2, 0.25) is 11.8 Å². The standard InChI is InChI=1S/C24H23F2N3O5/c25-18-3-1-15(11-19(18)26)23(31)27-5-7-28(8-6-27)24(32)16-12-22(30)29(14-16)17-2-4-20-21(13-17)34-10-9-33-20/h1-4,11,13,16H,5-10,12,14H2. The molecule has 0 radical (unpaired) electrons. The molecule has 2 aromatic carbocycles. The van der Waals surface area contributed by atoms with Crippen LogP contribution in [0.3, 0.4) is 0 Å². The Kier molecular flexibility index (Phi) is 5.80. The molecule has 1 unspecified atom stereocenters. The Morgan fingerprint density at radius 3 is 2.29 bits per heavy atom. The van der Waals surface area contributed by atoms with E-state index in [0.717, 1.165) is 12.1 Å². The van der Waals surface area contributed by atoms with E-state index in [9.17, 15) is 23.2 Å². The second-order valence-corrected chi connectivity index (χ2v) is 8.48. The molecule has 0 spiro atoms. The third-order valence-corrected chi connectivity index (χ3v) is 6.36. The summed E-state index contributed by atoms with van der Waals surface area (Å²) in [6.07, 6.45) is 0.112. The van der Waals surface area contributed by atoms with Gasteiger partial charge in [0, 0.05) is 56.5 Å². The molecule has 3 aliphatic rings. The lowest BCUT2D eigenvalue weighted by Crippen LogP contribution is -2.52. The fraction of sp³-hybridized carbons (Fsp3) is 0.375. The Hall–Kier alpha value is -3.69. The van der Waals surface area contributed by atoms with E-state index in [1.807, 2.05) is 0 Å².